The average Bonchev–Trinajstić information content (AvgIpc) is 2.37. The van der Waals surface area contributed by atoms with Gasteiger partial charge in [-0.1, -0.05) is 37.5 Å². The number of nitrogens with one attached hydrogen (secondary N) is 1. The highest BCUT2D eigenvalue weighted by atomic mass is 16.5. The van der Waals surface area contributed by atoms with Gasteiger partial charge >= 0.3 is 5.97 Å². The first-order valence-corrected chi connectivity index (χ1v) is 7.56. The molecule has 0 spiro atoms. The van der Waals surface area contributed by atoms with Crippen molar-refractivity contribution in [1.29, 1.82) is 0 Å². The molecule has 0 heterocycles. The van der Waals surface area contributed by atoms with Crippen molar-refractivity contribution in [2.45, 2.75) is 52.0 Å². The fraction of sp³-hybridized carbons (Fsp3) is 0.588. The summed E-state index contributed by atoms with van der Waals surface area (Å²) in [5.74, 6) is 0.496. The molecule has 2 rings (SSSR count). The lowest BCUT2D eigenvalue weighted by molar-refractivity contribution is -0.148. The van der Waals surface area contributed by atoms with E-state index in [4.69, 9.17) is 4.74 Å². The molecule has 0 amide bonds. The zero-order valence-corrected chi connectivity index (χ0v) is 12.7. The van der Waals surface area contributed by atoms with Gasteiger partial charge in [0, 0.05) is 5.69 Å². The Labute approximate surface area is 121 Å². The summed E-state index contributed by atoms with van der Waals surface area (Å²) < 4.78 is 5.29. The Kier molecular flexibility index (Phi) is 4.69. The van der Waals surface area contributed by atoms with E-state index < -0.39 is 5.54 Å². The van der Waals surface area contributed by atoms with E-state index in [2.05, 4.69) is 18.3 Å². The quantitative estimate of drug-likeness (QED) is 0.800. The summed E-state index contributed by atoms with van der Waals surface area (Å²) in [6.45, 7) is 6.30. The number of aryl methyl sites for hydroxylation is 1. The molecule has 0 aromatic heterocycles. The van der Waals surface area contributed by atoms with Gasteiger partial charge in [-0.2, -0.15) is 0 Å². The number of hydrogen-bond acceptors (Lipinski definition) is 3. The van der Waals surface area contributed by atoms with Crippen LogP contribution in [-0.4, -0.2) is 18.1 Å². The lowest BCUT2D eigenvalue weighted by Crippen LogP contribution is -2.47. The molecule has 1 unspecified atom stereocenters. The highest BCUT2D eigenvalue weighted by Gasteiger charge is 2.38. The molecule has 0 saturated heterocycles. The predicted octanol–water partition coefficient (Wildman–Crippen LogP) is 3.92. The molecule has 0 aliphatic heterocycles. The lowest BCUT2D eigenvalue weighted by atomic mass is 9.76. The Morgan fingerprint density at radius 3 is 2.65 bits per heavy atom. The van der Waals surface area contributed by atoms with Crippen molar-refractivity contribution in [1.82, 2.24) is 0 Å². The number of ether oxygens (including phenoxy) is 1. The molecule has 1 N–H and O–H groups in total. The van der Waals surface area contributed by atoms with Crippen molar-refractivity contribution in [3.05, 3.63) is 29.8 Å². The fourth-order valence-corrected chi connectivity index (χ4v) is 2.76. The summed E-state index contributed by atoms with van der Waals surface area (Å²) in [6, 6.07) is 8.07. The average molecular weight is 275 g/mol. The molecule has 0 bridgehead atoms. The Hall–Kier alpha value is -1.51. The largest absolute Gasteiger partial charge is 0.464 e. The lowest BCUT2D eigenvalue weighted by Gasteiger charge is -2.36. The first-order chi connectivity index (χ1) is 9.55. The molecule has 110 valence electrons. The van der Waals surface area contributed by atoms with Crippen LogP contribution in [0.2, 0.25) is 0 Å². The van der Waals surface area contributed by atoms with Crippen molar-refractivity contribution in [2.24, 2.45) is 5.92 Å². The van der Waals surface area contributed by atoms with Gasteiger partial charge in [0.05, 0.1) is 6.61 Å². The maximum Gasteiger partial charge on any atom is 0.331 e. The van der Waals surface area contributed by atoms with Gasteiger partial charge < -0.3 is 10.1 Å². The van der Waals surface area contributed by atoms with Crippen LogP contribution in [0.5, 0.6) is 0 Å². The zero-order chi connectivity index (χ0) is 14.6. The molecule has 1 aliphatic rings. The summed E-state index contributed by atoms with van der Waals surface area (Å²) in [7, 11) is 0. The molecule has 3 heteroatoms. The molecule has 0 radical (unpaired) electrons. The molecule has 20 heavy (non-hydrogen) atoms. The number of para-hydroxylation sites is 1. The SMILES string of the molecule is CCOC(=O)C(C)(CC1CCC1)Nc1ccccc1C. The van der Waals surface area contributed by atoms with Gasteiger partial charge in [-0.25, -0.2) is 4.79 Å². The maximum atomic E-state index is 12.4. The van der Waals surface area contributed by atoms with Crippen molar-refractivity contribution >= 4 is 11.7 Å². The molecular weight excluding hydrogens is 250 g/mol. The Balaban J connectivity index is 2.16. The van der Waals surface area contributed by atoms with Crippen LogP contribution >= 0.6 is 0 Å². The van der Waals surface area contributed by atoms with Crippen LogP contribution in [0.4, 0.5) is 5.69 Å². The second-order valence-electron chi connectivity index (χ2n) is 5.99. The topological polar surface area (TPSA) is 38.3 Å². The zero-order valence-electron chi connectivity index (χ0n) is 12.7. The minimum atomic E-state index is -0.632. The van der Waals surface area contributed by atoms with E-state index in [0.29, 0.717) is 12.5 Å². The summed E-state index contributed by atoms with van der Waals surface area (Å²) >= 11 is 0. The van der Waals surface area contributed by atoms with Crippen LogP contribution in [-0.2, 0) is 9.53 Å². The molecule has 1 fully saturated rings. The van der Waals surface area contributed by atoms with Crippen LogP contribution < -0.4 is 5.32 Å². The van der Waals surface area contributed by atoms with Gasteiger partial charge in [-0.05, 0) is 44.7 Å². The van der Waals surface area contributed by atoms with E-state index in [-0.39, 0.29) is 5.97 Å². The number of benzene rings is 1. The van der Waals surface area contributed by atoms with E-state index in [1.165, 1.54) is 19.3 Å². The third kappa shape index (κ3) is 3.33. The highest BCUT2D eigenvalue weighted by Crippen LogP contribution is 2.36. The number of anilines is 1. The van der Waals surface area contributed by atoms with Crippen LogP contribution in [0.15, 0.2) is 24.3 Å². The third-order valence-electron chi connectivity index (χ3n) is 4.20. The van der Waals surface area contributed by atoms with Crippen LogP contribution in [0.3, 0.4) is 0 Å². The highest BCUT2D eigenvalue weighted by molar-refractivity contribution is 5.84. The number of rotatable bonds is 6. The third-order valence-corrected chi connectivity index (χ3v) is 4.20. The Morgan fingerprint density at radius 2 is 2.10 bits per heavy atom. The molecule has 1 atom stereocenters. The molecule has 3 nitrogen and oxygen atoms in total. The van der Waals surface area contributed by atoms with Gasteiger partial charge in [0.25, 0.3) is 0 Å². The fourth-order valence-electron chi connectivity index (χ4n) is 2.76. The first kappa shape index (κ1) is 14.9. The number of carbonyl (C=O) groups excluding carboxylic acids is 1. The molecule has 1 aromatic carbocycles. The molecule has 1 aliphatic carbocycles. The van der Waals surface area contributed by atoms with Crippen molar-refractivity contribution < 1.29 is 9.53 Å². The first-order valence-electron chi connectivity index (χ1n) is 7.56. The van der Waals surface area contributed by atoms with Gasteiger partial charge in [-0.15, -0.1) is 0 Å². The van der Waals surface area contributed by atoms with Crippen molar-refractivity contribution in [3.8, 4) is 0 Å². The van der Waals surface area contributed by atoms with E-state index in [0.717, 1.165) is 17.7 Å². The molecular formula is C17H25NO2. The van der Waals surface area contributed by atoms with E-state index >= 15 is 0 Å². The standard InChI is InChI=1S/C17H25NO2/c1-4-20-16(19)17(3,12-14-9-7-10-14)18-15-11-6-5-8-13(15)2/h5-6,8,11,14,18H,4,7,9-10,12H2,1-3H3. The summed E-state index contributed by atoms with van der Waals surface area (Å²) in [5, 5.41) is 3.43. The molecule has 1 aromatic rings. The van der Waals surface area contributed by atoms with Gasteiger partial charge in [0.2, 0.25) is 0 Å². The summed E-state index contributed by atoms with van der Waals surface area (Å²) in [5.41, 5.74) is 1.53. The minimum absolute atomic E-state index is 0.143. The Morgan fingerprint density at radius 1 is 1.40 bits per heavy atom. The van der Waals surface area contributed by atoms with Gasteiger partial charge in [-0.3, -0.25) is 0 Å². The normalized spacial score (nSPS) is 17.9. The predicted molar refractivity (Wildman–Crippen MR) is 81.8 cm³/mol. The molecule has 1 saturated carbocycles. The monoisotopic (exact) mass is 275 g/mol. The van der Waals surface area contributed by atoms with Gasteiger partial charge in [0.1, 0.15) is 5.54 Å². The Bertz CT molecular complexity index is 468. The van der Waals surface area contributed by atoms with Crippen molar-refractivity contribution in [3.63, 3.8) is 0 Å². The number of hydrogen-bond donors (Lipinski definition) is 1. The van der Waals surface area contributed by atoms with Crippen LogP contribution in [0.25, 0.3) is 0 Å². The van der Waals surface area contributed by atoms with Crippen LogP contribution in [0, 0.1) is 12.8 Å². The summed E-state index contributed by atoms with van der Waals surface area (Å²) in [6.07, 6.45) is 4.59. The second kappa shape index (κ2) is 6.29. The summed E-state index contributed by atoms with van der Waals surface area (Å²) in [4.78, 5) is 12.4. The van der Waals surface area contributed by atoms with E-state index in [1.807, 2.05) is 32.0 Å². The van der Waals surface area contributed by atoms with Gasteiger partial charge in [0.15, 0.2) is 0 Å². The van der Waals surface area contributed by atoms with E-state index in [1.54, 1.807) is 0 Å². The number of esters is 1. The maximum absolute atomic E-state index is 12.4. The number of carbonyl (C=O) groups is 1. The minimum Gasteiger partial charge on any atom is -0.464 e. The smallest absolute Gasteiger partial charge is 0.331 e. The second-order valence-corrected chi connectivity index (χ2v) is 5.99. The van der Waals surface area contributed by atoms with Crippen LogP contribution in [0.1, 0.15) is 45.1 Å². The van der Waals surface area contributed by atoms with E-state index in [9.17, 15) is 4.79 Å². The van der Waals surface area contributed by atoms with Crippen molar-refractivity contribution in [2.75, 3.05) is 11.9 Å².